The molecular weight excluding hydrogens is 358 g/mol. The molecule has 0 aromatic heterocycles. The monoisotopic (exact) mass is 389 g/mol. The molecule has 0 saturated heterocycles. The average molecular weight is 390 g/mol. The summed E-state index contributed by atoms with van der Waals surface area (Å²) in [6.45, 7) is 5.55. The Morgan fingerprint density at radius 1 is 0.862 bits per heavy atom. The van der Waals surface area contributed by atoms with Gasteiger partial charge in [-0.1, -0.05) is 72.3 Å². The van der Waals surface area contributed by atoms with Crippen LogP contribution < -0.4 is 10.1 Å². The van der Waals surface area contributed by atoms with Crippen LogP contribution in [0.3, 0.4) is 0 Å². The van der Waals surface area contributed by atoms with Crippen LogP contribution in [0, 0.1) is 6.92 Å². The largest absolute Gasteiger partial charge is 0.489 e. The van der Waals surface area contributed by atoms with Gasteiger partial charge in [-0.25, -0.2) is 0 Å². The van der Waals surface area contributed by atoms with E-state index in [9.17, 15) is 5.11 Å². The van der Waals surface area contributed by atoms with Crippen molar-refractivity contribution in [3.63, 3.8) is 0 Å². The fourth-order valence-electron chi connectivity index (χ4n) is 3.28. The summed E-state index contributed by atoms with van der Waals surface area (Å²) in [4.78, 5) is 0. The SMILES string of the molecule is Cc1ccc(CCCNC(C)C(O)c2ccc(OCc3ccccc3)cc2)cc1. The Morgan fingerprint density at radius 2 is 1.55 bits per heavy atom. The molecule has 0 radical (unpaired) electrons. The second kappa shape index (κ2) is 10.8. The van der Waals surface area contributed by atoms with Gasteiger partial charge in [0.05, 0.1) is 6.10 Å². The third-order valence-corrected chi connectivity index (χ3v) is 5.17. The van der Waals surface area contributed by atoms with Crippen molar-refractivity contribution in [1.82, 2.24) is 5.32 Å². The highest BCUT2D eigenvalue weighted by molar-refractivity contribution is 5.29. The van der Waals surface area contributed by atoms with Crippen LogP contribution in [0.1, 0.15) is 41.7 Å². The first-order valence-corrected chi connectivity index (χ1v) is 10.4. The minimum absolute atomic E-state index is 0.0101. The Morgan fingerprint density at radius 3 is 2.24 bits per heavy atom. The van der Waals surface area contributed by atoms with Gasteiger partial charge in [0.2, 0.25) is 0 Å². The zero-order valence-corrected chi connectivity index (χ0v) is 17.3. The lowest BCUT2D eigenvalue weighted by Crippen LogP contribution is -2.33. The van der Waals surface area contributed by atoms with Crippen molar-refractivity contribution in [3.8, 4) is 5.75 Å². The Hall–Kier alpha value is -2.62. The number of hydrogen-bond acceptors (Lipinski definition) is 3. The van der Waals surface area contributed by atoms with E-state index in [1.165, 1.54) is 11.1 Å². The number of rotatable bonds is 10. The number of aliphatic hydroxyl groups is 1. The molecule has 2 atom stereocenters. The molecule has 2 N–H and O–H groups in total. The van der Waals surface area contributed by atoms with Crippen LogP contribution in [0.5, 0.6) is 5.75 Å². The predicted molar refractivity (Wildman–Crippen MR) is 119 cm³/mol. The molecule has 0 aliphatic carbocycles. The van der Waals surface area contributed by atoms with E-state index in [-0.39, 0.29) is 6.04 Å². The molecular formula is C26H31NO2. The maximum Gasteiger partial charge on any atom is 0.119 e. The van der Waals surface area contributed by atoms with Crippen molar-refractivity contribution < 1.29 is 9.84 Å². The van der Waals surface area contributed by atoms with Gasteiger partial charge < -0.3 is 15.2 Å². The maximum absolute atomic E-state index is 10.6. The van der Waals surface area contributed by atoms with Crippen LogP contribution in [0.2, 0.25) is 0 Å². The van der Waals surface area contributed by atoms with Gasteiger partial charge in [0.1, 0.15) is 12.4 Å². The number of aliphatic hydroxyl groups excluding tert-OH is 1. The van der Waals surface area contributed by atoms with Crippen molar-refractivity contribution >= 4 is 0 Å². The van der Waals surface area contributed by atoms with Gasteiger partial charge in [-0.05, 0) is 62.1 Å². The van der Waals surface area contributed by atoms with E-state index >= 15 is 0 Å². The molecule has 0 saturated carbocycles. The first-order valence-electron chi connectivity index (χ1n) is 10.4. The van der Waals surface area contributed by atoms with Crippen molar-refractivity contribution in [2.75, 3.05) is 6.54 Å². The molecule has 3 rings (SSSR count). The molecule has 29 heavy (non-hydrogen) atoms. The Kier molecular flexibility index (Phi) is 7.85. The molecule has 3 heteroatoms. The van der Waals surface area contributed by atoms with Gasteiger partial charge >= 0.3 is 0 Å². The van der Waals surface area contributed by atoms with E-state index in [2.05, 4.69) is 36.5 Å². The third-order valence-electron chi connectivity index (χ3n) is 5.17. The highest BCUT2D eigenvalue weighted by Crippen LogP contribution is 2.21. The lowest BCUT2D eigenvalue weighted by molar-refractivity contribution is 0.136. The highest BCUT2D eigenvalue weighted by Gasteiger charge is 2.15. The van der Waals surface area contributed by atoms with Crippen LogP contribution >= 0.6 is 0 Å². The summed E-state index contributed by atoms with van der Waals surface area (Å²) >= 11 is 0. The molecule has 0 heterocycles. The molecule has 0 amide bonds. The fraction of sp³-hybridized carbons (Fsp3) is 0.308. The summed E-state index contributed by atoms with van der Waals surface area (Å²) in [5, 5.41) is 14.1. The third kappa shape index (κ3) is 6.74. The average Bonchev–Trinajstić information content (AvgIpc) is 2.77. The van der Waals surface area contributed by atoms with Crippen molar-refractivity contribution in [3.05, 3.63) is 101 Å². The maximum atomic E-state index is 10.6. The molecule has 3 nitrogen and oxygen atoms in total. The first kappa shape index (κ1) is 21.1. The van der Waals surface area contributed by atoms with E-state index in [0.717, 1.165) is 36.3 Å². The van der Waals surface area contributed by atoms with Gasteiger partial charge in [-0.3, -0.25) is 0 Å². The molecule has 0 fully saturated rings. The van der Waals surface area contributed by atoms with Gasteiger partial charge in [0.25, 0.3) is 0 Å². The summed E-state index contributed by atoms with van der Waals surface area (Å²) in [5.41, 5.74) is 4.69. The Labute approximate surface area is 174 Å². The minimum atomic E-state index is -0.544. The first-order chi connectivity index (χ1) is 14.1. The van der Waals surface area contributed by atoms with Crippen LogP contribution in [0.15, 0.2) is 78.9 Å². The lowest BCUT2D eigenvalue weighted by atomic mass is 10.0. The second-order valence-corrected chi connectivity index (χ2v) is 7.62. The normalized spacial score (nSPS) is 13.1. The zero-order chi connectivity index (χ0) is 20.5. The number of hydrogen-bond donors (Lipinski definition) is 2. The summed E-state index contributed by atoms with van der Waals surface area (Å²) in [6, 6.07) is 26.5. The molecule has 0 bridgehead atoms. The highest BCUT2D eigenvalue weighted by atomic mass is 16.5. The smallest absolute Gasteiger partial charge is 0.119 e. The number of benzene rings is 3. The van der Waals surface area contributed by atoms with E-state index in [4.69, 9.17) is 4.74 Å². The van der Waals surface area contributed by atoms with Crippen LogP contribution in [-0.2, 0) is 13.0 Å². The zero-order valence-electron chi connectivity index (χ0n) is 17.3. The molecule has 2 unspecified atom stereocenters. The van der Waals surface area contributed by atoms with Crippen LogP contribution in [0.25, 0.3) is 0 Å². The topological polar surface area (TPSA) is 41.5 Å². The molecule has 3 aromatic carbocycles. The van der Waals surface area contributed by atoms with Gasteiger partial charge in [-0.2, -0.15) is 0 Å². The summed E-state index contributed by atoms with van der Waals surface area (Å²) in [5.74, 6) is 0.809. The lowest BCUT2D eigenvalue weighted by Gasteiger charge is -2.21. The number of nitrogens with one attached hydrogen (secondary N) is 1. The van der Waals surface area contributed by atoms with Crippen molar-refractivity contribution in [1.29, 1.82) is 0 Å². The van der Waals surface area contributed by atoms with Gasteiger partial charge in [-0.15, -0.1) is 0 Å². The van der Waals surface area contributed by atoms with Crippen molar-refractivity contribution in [2.24, 2.45) is 0 Å². The summed E-state index contributed by atoms with van der Waals surface area (Å²) in [6.07, 6.45) is 1.55. The van der Waals surface area contributed by atoms with E-state index in [1.807, 2.05) is 61.5 Å². The molecule has 0 aliphatic rings. The standard InChI is InChI=1S/C26H31NO2/c1-20-10-12-22(13-11-20)9-6-18-27-21(2)26(28)24-14-16-25(17-15-24)29-19-23-7-4-3-5-8-23/h3-5,7-8,10-17,21,26-28H,6,9,18-19H2,1-2H3. The van der Waals surface area contributed by atoms with Crippen LogP contribution in [-0.4, -0.2) is 17.7 Å². The molecule has 0 aliphatic heterocycles. The van der Waals surface area contributed by atoms with E-state index < -0.39 is 6.10 Å². The molecule has 152 valence electrons. The molecule has 0 spiro atoms. The Balaban J connectivity index is 1.41. The van der Waals surface area contributed by atoms with Gasteiger partial charge in [0.15, 0.2) is 0 Å². The second-order valence-electron chi connectivity index (χ2n) is 7.62. The predicted octanol–water partition coefficient (Wildman–Crippen LogP) is 5.22. The molecule has 3 aromatic rings. The summed E-state index contributed by atoms with van der Waals surface area (Å²) < 4.78 is 5.82. The fourth-order valence-corrected chi connectivity index (χ4v) is 3.28. The van der Waals surface area contributed by atoms with E-state index in [1.54, 1.807) is 0 Å². The van der Waals surface area contributed by atoms with Crippen molar-refractivity contribution in [2.45, 2.75) is 45.4 Å². The minimum Gasteiger partial charge on any atom is -0.489 e. The van der Waals surface area contributed by atoms with Crippen LogP contribution in [0.4, 0.5) is 0 Å². The number of ether oxygens (including phenoxy) is 1. The Bertz CT molecular complexity index is 844. The number of aryl methyl sites for hydroxylation is 2. The van der Waals surface area contributed by atoms with Gasteiger partial charge in [0, 0.05) is 6.04 Å². The van der Waals surface area contributed by atoms with E-state index in [0.29, 0.717) is 6.61 Å². The summed E-state index contributed by atoms with van der Waals surface area (Å²) in [7, 11) is 0. The quantitative estimate of drug-likeness (QED) is 0.467.